The lowest BCUT2D eigenvalue weighted by Gasteiger charge is -2.15. The quantitative estimate of drug-likeness (QED) is 0.713. The van der Waals surface area contributed by atoms with Crippen LogP contribution < -0.4 is 5.32 Å². The Kier molecular flexibility index (Phi) is 5.22. The van der Waals surface area contributed by atoms with Crippen molar-refractivity contribution in [2.45, 2.75) is 65.8 Å². The van der Waals surface area contributed by atoms with E-state index in [1.807, 2.05) is 45.9 Å². The summed E-state index contributed by atoms with van der Waals surface area (Å²) in [6.45, 7) is 8.50. The van der Waals surface area contributed by atoms with E-state index < -0.39 is 0 Å². The SMILES string of the molecule is Cc1ccc(-c2nnc3n2CCCCC3)cc1NC(=O)[C@@H](C)c1c(C)noc1C. The minimum atomic E-state index is -0.353. The summed E-state index contributed by atoms with van der Waals surface area (Å²) in [6.07, 6.45) is 4.49. The summed E-state index contributed by atoms with van der Waals surface area (Å²) in [6, 6.07) is 6.06. The summed E-state index contributed by atoms with van der Waals surface area (Å²) in [4.78, 5) is 12.9. The molecule has 0 bridgehead atoms. The second kappa shape index (κ2) is 7.81. The number of hydrogen-bond donors (Lipinski definition) is 1. The van der Waals surface area contributed by atoms with Gasteiger partial charge in [-0.2, -0.15) is 0 Å². The van der Waals surface area contributed by atoms with E-state index in [4.69, 9.17) is 4.52 Å². The van der Waals surface area contributed by atoms with E-state index >= 15 is 0 Å². The van der Waals surface area contributed by atoms with Crippen LogP contribution >= 0.6 is 0 Å². The average Bonchev–Trinajstić information content (AvgIpc) is 3.16. The first-order valence-electron chi connectivity index (χ1n) is 10.2. The molecule has 0 saturated heterocycles. The molecule has 4 rings (SSSR count). The molecule has 1 amide bonds. The minimum Gasteiger partial charge on any atom is -0.361 e. The molecule has 152 valence electrons. The van der Waals surface area contributed by atoms with Gasteiger partial charge in [0.1, 0.15) is 11.6 Å². The van der Waals surface area contributed by atoms with Gasteiger partial charge in [0.25, 0.3) is 0 Å². The number of nitrogens with one attached hydrogen (secondary N) is 1. The monoisotopic (exact) mass is 393 g/mol. The molecule has 7 nitrogen and oxygen atoms in total. The standard InChI is InChI=1S/C22H27N5O2/c1-13-9-10-17(21-25-24-19-8-6-5-7-11-27(19)21)12-18(13)23-22(28)14(2)20-15(3)26-29-16(20)4/h9-10,12,14H,5-8,11H2,1-4H3,(H,23,28)/t14-/m0/s1. The fourth-order valence-electron chi connectivity index (χ4n) is 4.07. The normalized spacial score (nSPS) is 14.9. The third kappa shape index (κ3) is 3.69. The van der Waals surface area contributed by atoms with Crippen LogP contribution in [-0.4, -0.2) is 25.8 Å². The molecule has 2 aromatic heterocycles. The van der Waals surface area contributed by atoms with Gasteiger partial charge in [-0.05, 0) is 52.2 Å². The van der Waals surface area contributed by atoms with Crippen molar-refractivity contribution in [2.75, 3.05) is 5.32 Å². The highest BCUT2D eigenvalue weighted by molar-refractivity contribution is 5.97. The largest absolute Gasteiger partial charge is 0.361 e. The number of hydrogen-bond acceptors (Lipinski definition) is 5. The first kappa shape index (κ1) is 19.4. The number of rotatable bonds is 4. The lowest BCUT2D eigenvalue weighted by atomic mass is 9.98. The predicted molar refractivity (Wildman–Crippen MR) is 111 cm³/mol. The van der Waals surface area contributed by atoms with E-state index in [1.165, 1.54) is 6.42 Å². The maximum absolute atomic E-state index is 12.9. The van der Waals surface area contributed by atoms with Crippen LogP contribution in [0.25, 0.3) is 11.4 Å². The third-order valence-electron chi connectivity index (χ3n) is 5.78. The third-order valence-corrected chi connectivity index (χ3v) is 5.78. The van der Waals surface area contributed by atoms with Crippen molar-refractivity contribution in [3.8, 4) is 11.4 Å². The molecule has 0 radical (unpaired) electrons. The number of carbonyl (C=O) groups excluding carboxylic acids is 1. The van der Waals surface area contributed by atoms with Gasteiger partial charge in [-0.15, -0.1) is 10.2 Å². The molecule has 0 saturated carbocycles. The Morgan fingerprint density at radius 2 is 2.00 bits per heavy atom. The molecule has 7 heteroatoms. The fraction of sp³-hybridized carbons (Fsp3) is 0.455. The molecule has 1 N–H and O–H groups in total. The van der Waals surface area contributed by atoms with Crippen LogP contribution in [0.1, 0.15) is 60.5 Å². The summed E-state index contributed by atoms with van der Waals surface area (Å²) < 4.78 is 7.44. The number of aryl methyl sites for hydroxylation is 4. The number of benzene rings is 1. The number of fused-ring (bicyclic) bond motifs is 1. The maximum Gasteiger partial charge on any atom is 0.231 e. The Labute approximate surface area is 170 Å². The minimum absolute atomic E-state index is 0.0836. The molecule has 3 aromatic rings. The molecule has 0 spiro atoms. The average molecular weight is 393 g/mol. The zero-order valence-electron chi connectivity index (χ0n) is 17.5. The van der Waals surface area contributed by atoms with Crippen LogP contribution in [0.15, 0.2) is 22.7 Å². The Morgan fingerprint density at radius 1 is 1.17 bits per heavy atom. The smallest absolute Gasteiger partial charge is 0.231 e. The van der Waals surface area contributed by atoms with E-state index in [1.54, 1.807) is 0 Å². The number of nitrogens with zero attached hydrogens (tertiary/aromatic N) is 4. The summed E-state index contributed by atoms with van der Waals surface area (Å²) in [7, 11) is 0. The topological polar surface area (TPSA) is 85.8 Å². The van der Waals surface area contributed by atoms with Gasteiger partial charge in [-0.1, -0.05) is 23.7 Å². The van der Waals surface area contributed by atoms with Crippen LogP contribution in [0.2, 0.25) is 0 Å². The molecule has 1 aromatic carbocycles. The van der Waals surface area contributed by atoms with Gasteiger partial charge in [-0.25, -0.2) is 0 Å². The first-order chi connectivity index (χ1) is 14.0. The van der Waals surface area contributed by atoms with Gasteiger partial charge < -0.3 is 14.4 Å². The van der Waals surface area contributed by atoms with Crippen molar-refractivity contribution in [3.63, 3.8) is 0 Å². The van der Waals surface area contributed by atoms with Crippen LogP contribution in [0.5, 0.6) is 0 Å². The van der Waals surface area contributed by atoms with Crippen molar-refractivity contribution >= 4 is 11.6 Å². The molecule has 0 fully saturated rings. The lowest BCUT2D eigenvalue weighted by Crippen LogP contribution is -2.20. The second-order valence-corrected chi connectivity index (χ2v) is 7.88. The number of amides is 1. The van der Waals surface area contributed by atoms with Crippen molar-refractivity contribution in [1.82, 2.24) is 19.9 Å². The first-order valence-corrected chi connectivity index (χ1v) is 10.2. The van der Waals surface area contributed by atoms with E-state index in [0.29, 0.717) is 5.76 Å². The van der Waals surface area contributed by atoms with Crippen LogP contribution in [0, 0.1) is 20.8 Å². The molecule has 1 atom stereocenters. The van der Waals surface area contributed by atoms with E-state index in [2.05, 4.69) is 25.2 Å². The summed E-state index contributed by atoms with van der Waals surface area (Å²) in [5.74, 6) is 2.17. The van der Waals surface area contributed by atoms with Crippen molar-refractivity contribution in [3.05, 3.63) is 46.6 Å². The molecule has 29 heavy (non-hydrogen) atoms. The van der Waals surface area contributed by atoms with Gasteiger partial charge in [-0.3, -0.25) is 4.79 Å². The highest BCUT2D eigenvalue weighted by Gasteiger charge is 2.24. The molecule has 1 aliphatic rings. The van der Waals surface area contributed by atoms with Gasteiger partial charge in [0.15, 0.2) is 5.82 Å². The molecule has 0 aliphatic carbocycles. The van der Waals surface area contributed by atoms with Crippen molar-refractivity contribution < 1.29 is 9.32 Å². The Balaban J connectivity index is 1.61. The maximum atomic E-state index is 12.9. The van der Waals surface area contributed by atoms with Gasteiger partial charge in [0.05, 0.1) is 11.6 Å². The Morgan fingerprint density at radius 3 is 2.76 bits per heavy atom. The summed E-state index contributed by atoms with van der Waals surface area (Å²) >= 11 is 0. The van der Waals surface area contributed by atoms with Crippen molar-refractivity contribution in [2.24, 2.45) is 0 Å². The van der Waals surface area contributed by atoms with Crippen LogP contribution in [0.3, 0.4) is 0 Å². The second-order valence-electron chi connectivity index (χ2n) is 7.88. The highest BCUT2D eigenvalue weighted by atomic mass is 16.5. The van der Waals surface area contributed by atoms with Gasteiger partial charge in [0.2, 0.25) is 5.91 Å². The van der Waals surface area contributed by atoms with Crippen molar-refractivity contribution in [1.29, 1.82) is 0 Å². The Bertz CT molecular complexity index is 1030. The van der Waals surface area contributed by atoms with Gasteiger partial charge in [0, 0.05) is 29.8 Å². The van der Waals surface area contributed by atoms with E-state index in [9.17, 15) is 4.79 Å². The summed E-state index contributed by atoms with van der Waals surface area (Å²) in [5, 5.41) is 15.9. The highest BCUT2D eigenvalue weighted by Crippen LogP contribution is 2.29. The Hall–Kier alpha value is -2.96. The molecule has 0 unspecified atom stereocenters. The van der Waals surface area contributed by atoms with E-state index in [-0.39, 0.29) is 11.8 Å². The summed E-state index contributed by atoms with van der Waals surface area (Å²) in [5.41, 5.74) is 4.36. The molecule has 3 heterocycles. The number of carbonyl (C=O) groups is 1. The number of aromatic nitrogens is 4. The zero-order chi connectivity index (χ0) is 20.5. The lowest BCUT2D eigenvalue weighted by molar-refractivity contribution is -0.117. The molecule has 1 aliphatic heterocycles. The van der Waals surface area contributed by atoms with E-state index in [0.717, 1.165) is 65.5 Å². The van der Waals surface area contributed by atoms with Crippen LogP contribution in [-0.2, 0) is 17.8 Å². The number of anilines is 1. The van der Waals surface area contributed by atoms with Gasteiger partial charge >= 0.3 is 0 Å². The predicted octanol–water partition coefficient (Wildman–Crippen LogP) is 4.33. The molecular weight excluding hydrogens is 366 g/mol. The van der Waals surface area contributed by atoms with Crippen LogP contribution in [0.4, 0.5) is 5.69 Å². The zero-order valence-corrected chi connectivity index (χ0v) is 17.5. The fourth-order valence-corrected chi connectivity index (χ4v) is 4.07. The molecular formula is C22H27N5O2.